The number of ether oxygens (including phenoxy) is 2. The molecule has 0 heterocycles. The molecule has 264 valence electrons. The maximum absolute atomic E-state index is 13.1. The summed E-state index contributed by atoms with van der Waals surface area (Å²) < 4.78 is 12.0. The molecule has 6 aliphatic carbocycles. The summed E-state index contributed by atoms with van der Waals surface area (Å²) in [6.07, 6.45) is 26.1. The number of allylic oxidation sites excluding steroid dienone is 5. The van der Waals surface area contributed by atoms with Crippen LogP contribution in [0.4, 0.5) is 0 Å². The number of ketones is 2. The molecule has 3 saturated carbocycles. The lowest BCUT2D eigenvalue weighted by molar-refractivity contribution is -0.151. The summed E-state index contributed by atoms with van der Waals surface area (Å²) in [5.74, 6) is 3.68. The topological polar surface area (TPSA) is 69.7 Å². The predicted octanol–water partition coefficient (Wildman–Crippen LogP) is 10.3. The molecule has 0 N–H and O–H groups in total. The molecule has 0 aliphatic heterocycles. The average Bonchev–Trinajstić information content (AvgIpc) is 3.43. The molecule has 6 aliphatic rings. The van der Waals surface area contributed by atoms with Gasteiger partial charge >= 0.3 is 5.97 Å². The number of hydrogen-bond acceptors (Lipinski definition) is 5. The van der Waals surface area contributed by atoms with Crippen molar-refractivity contribution < 1.29 is 23.9 Å². The van der Waals surface area contributed by atoms with Crippen LogP contribution in [0.1, 0.15) is 138 Å². The zero-order valence-electron chi connectivity index (χ0n) is 30.4. The Morgan fingerprint density at radius 1 is 0.898 bits per heavy atom. The van der Waals surface area contributed by atoms with Crippen LogP contribution in [0.3, 0.4) is 0 Å². The number of Topliss-reactive ketones (excluding diaryl/α,β-unsaturated/α-hetero) is 2. The summed E-state index contributed by atoms with van der Waals surface area (Å²) in [6, 6.07) is 5.14. The summed E-state index contributed by atoms with van der Waals surface area (Å²) in [7, 11) is 0. The lowest BCUT2D eigenvalue weighted by Gasteiger charge is -2.58. The van der Waals surface area contributed by atoms with Gasteiger partial charge in [-0.25, -0.2) is 0 Å². The number of rotatable bonds is 11. The van der Waals surface area contributed by atoms with Gasteiger partial charge in [-0.15, -0.1) is 0 Å². The van der Waals surface area contributed by atoms with E-state index in [1.54, 1.807) is 23.8 Å². The number of benzene rings is 1. The largest absolute Gasteiger partial charge is 0.494 e. The Hall–Kier alpha value is -2.95. The number of hydrogen-bond donors (Lipinski definition) is 0. The summed E-state index contributed by atoms with van der Waals surface area (Å²) in [5, 5.41) is 0. The first-order chi connectivity index (χ1) is 23.6. The number of carbonyl (C=O) groups excluding carboxylic acids is 3. The van der Waals surface area contributed by atoms with Gasteiger partial charge in [0.2, 0.25) is 0 Å². The molecule has 5 nitrogen and oxygen atoms in total. The van der Waals surface area contributed by atoms with E-state index in [-0.39, 0.29) is 29.1 Å². The molecule has 7 rings (SSSR count). The van der Waals surface area contributed by atoms with Crippen molar-refractivity contribution >= 4 is 17.5 Å². The molecular formula is C44H58O5. The maximum Gasteiger partial charge on any atom is 0.306 e. The molecule has 0 aromatic heterocycles. The Morgan fingerprint density at radius 2 is 1.67 bits per heavy atom. The van der Waals surface area contributed by atoms with Gasteiger partial charge in [-0.3, -0.25) is 14.4 Å². The normalized spacial score (nSPS) is 35.9. The van der Waals surface area contributed by atoms with Crippen molar-refractivity contribution in [3.63, 3.8) is 0 Å². The molecule has 1 aromatic carbocycles. The monoisotopic (exact) mass is 666 g/mol. The van der Waals surface area contributed by atoms with Crippen LogP contribution in [-0.4, -0.2) is 30.2 Å². The second kappa shape index (κ2) is 14.0. The molecule has 49 heavy (non-hydrogen) atoms. The van der Waals surface area contributed by atoms with Crippen LogP contribution in [0.25, 0.3) is 0 Å². The van der Waals surface area contributed by atoms with Crippen molar-refractivity contribution in [1.29, 1.82) is 0 Å². The third-order valence-corrected chi connectivity index (χ3v) is 14.2. The fourth-order valence-electron chi connectivity index (χ4n) is 11.4. The lowest BCUT2D eigenvalue weighted by atomic mass is 9.47. The van der Waals surface area contributed by atoms with E-state index in [1.165, 1.54) is 57.8 Å². The number of esters is 1. The quantitative estimate of drug-likeness (QED) is 0.134. The molecule has 0 radical (unpaired) electrons. The minimum absolute atomic E-state index is 0.0201. The Morgan fingerprint density at radius 3 is 2.45 bits per heavy atom. The first-order valence-corrected chi connectivity index (χ1v) is 19.7. The highest BCUT2D eigenvalue weighted by Gasteiger charge is 2.58. The molecule has 0 amide bonds. The molecule has 0 saturated heterocycles. The van der Waals surface area contributed by atoms with Gasteiger partial charge in [-0.1, -0.05) is 82.9 Å². The van der Waals surface area contributed by atoms with Gasteiger partial charge in [0.15, 0.2) is 11.6 Å². The Bertz CT molecular complexity index is 1530. The smallest absolute Gasteiger partial charge is 0.306 e. The van der Waals surface area contributed by atoms with Gasteiger partial charge in [-0.2, -0.15) is 0 Å². The second-order valence-corrected chi connectivity index (χ2v) is 17.3. The third-order valence-electron chi connectivity index (χ3n) is 14.2. The fourth-order valence-corrected chi connectivity index (χ4v) is 11.4. The standard InChI is InChI=1S/C44H58O5/c1-28(2)10-5-6-11-29-16-20-38-36-18-15-30-26-32(21-23-44(30,4)39(36)22-24-43(29,38)3)49-40(45)14-9-25-48-31-17-19-35-37(27-31)42(47)34-13-8-7-12-33(34)41(35)46/h7-8,12-13,15,17,19,27-29,32-34,36,38-39H,5-6,9-11,14,16,18,20-26H2,1-4H3. The molecular weight excluding hydrogens is 608 g/mol. The van der Waals surface area contributed by atoms with E-state index in [2.05, 4.69) is 33.8 Å². The fraction of sp³-hybridized carbons (Fsp3) is 0.659. The average molecular weight is 667 g/mol. The molecule has 9 unspecified atom stereocenters. The molecule has 0 bridgehead atoms. The molecule has 1 aromatic rings. The first kappa shape index (κ1) is 34.5. The SMILES string of the molecule is CC(C)CCCCC1CCC2C3CC=C4CC(OC(=O)CCCOc5ccc6c(c5)C(=O)C5C=CC=CC5C6=O)CCC4(C)C3CCC12C. The van der Waals surface area contributed by atoms with Crippen LogP contribution >= 0.6 is 0 Å². The second-order valence-electron chi connectivity index (χ2n) is 17.3. The van der Waals surface area contributed by atoms with Gasteiger partial charge < -0.3 is 9.47 Å². The van der Waals surface area contributed by atoms with E-state index >= 15 is 0 Å². The zero-order valence-corrected chi connectivity index (χ0v) is 30.4. The van der Waals surface area contributed by atoms with Crippen LogP contribution in [0.15, 0.2) is 54.2 Å². The number of fused-ring (bicyclic) bond motifs is 7. The Balaban J connectivity index is 0.882. The minimum atomic E-state index is -0.439. The summed E-state index contributed by atoms with van der Waals surface area (Å²) >= 11 is 0. The van der Waals surface area contributed by atoms with Gasteiger partial charge in [0.25, 0.3) is 0 Å². The van der Waals surface area contributed by atoms with Crippen molar-refractivity contribution in [1.82, 2.24) is 0 Å². The summed E-state index contributed by atoms with van der Waals surface area (Å²) in [5.41, 5.74) is 3.23. The van der Waals surface area contributed by atoms with Gasteiger partial charge in [0.05, 0.1) is 18.4 Å². The van der Waals surface area contributed by atoms with E-state index in [4.69, 9.17) is 9.47 Å². The predicted molar refractivity (Wildman–Crippen MR) is 193 cm³/mol. The highest BCUT2D eigenvalue weighted by Crippen LogP contribution is 2.67. The van der Waals surface area contributed by atoms with E-state index in [1.807, 2.05) is 24.3 Å². The number of unbranched alkanes of at least 4 members (excludes halogenated alkanes) is 1. The van der Waals surface area contributed by atoms with Gasteiger partial charge in [-0.05, 0) is 116 Å². The van der Waals surface area contributed by atoms with Crippen LogP contribution in [0, 0.1) is 52.3 Å². The first-order valence-electron chi connectivity index (χ1n) is 19.7. The highest BCUT2D eigenvalue weighted by molar-refractivity contribution is 6.17. The van der Waals surface area contributed by atoms with Crippen molar-refractivity contribution in [2.24, 2.45) is 52.3 Å². The molecule has 3 fully saturated rings. The van der Waals surface area contributed by atoms with Crippen molar-refractivity contribution in [2.45, 2.75) is 124 Å². The minimum Gasteiger partial charge on any atom is -0.494 e. The molecule has 0 spiro atoms. The molecule has 9 atom stereocenters. The Kier molecular flexibility index (Phi) is 9.85. The van der Waals surface area contributed by atoms with Crippen LogP contribution < -0.4 is 4.74 Å². The van der Waals surface area contributed by atoms with Gasteiger partial charge in [0, 0.05) is 24.0 Å². The van der Waals surface area contributed by atoms with E-state index < -0.39 is 11.8 Å². The lowest BCUT2D eigenvalue weighted by Crippen LogP contribution is -2.50. The summed E-state index contributed by atoms with van der Waals surface area (Å²) in [4.78, 5) is 39.0. The van der Waals surface area contributed by atoms with E-state index in [0.29, 0.717) is 41.7 Å². The molecule has 5 heteroatoms. The van der Waals surface area contributed by atoms with Crippen LogP contribution in [-0.2, 0) is 9.53 Å². The highest BCUT2D eigenvalue weighted by atomic mass is 16.5. The third kappa shape index (κ3) is 6.53. The number of carbonyl (C=O) groups is 3. The zero-order chi connectivity index (χ0) is 34.3. The Labute approximate surface area is 294 Å². The van der Waals surface area contributed by atoms with Crippen molar-refractivity contribution in [2.75, 3.05) is 6.61 Å². The van der Waals surface area contributed by atoms with E-state index in [9.17, 15) is 14.4 Å². The van der Waals surface area contributed by atoms with Crippen molar-refractivity contribution in [3.05, 3.63) is 65.3 Å². The van der Waals surface area contributed by atoms with Crippen LogP contribution in [0.2, 0.25) is 0 Å². The van der Waals surface area contributed by atoms with Gasteiger partial charge in [0.1, 0.15) is 11.9 Å². The van der Waals surface area contributed by atoms with E-state index in [0.717, 1.165) is 48.9 Å². The maximum atomic E-state index is 13.1. The van der Waals surface area contributed by atoms with Crippen LogP contribution in [0.5, 0.6) is 5.75 Å². The van der Waals surface area contributed by atoms with Crippen molar-refractivity contribution in [3.8, 4) is 5.75 Å². The summed E-state index contributed by atoms with van der Waals surface area (Å²) in [6.45, 7) is 10.3.